The van der Waals surface area contributed by atoms with Gasteiger partial charge in [-0.3, -0.25) is 4.79 Å². The number of nitrogens with zero attached hydrogens (tertiary/aromatic N) is 2. The van der Waals surface area contributed by atoms with E-state index in [1.54, 1.807) is 6.92 Å². The van der Waals surface area contributed by atoms with E-state index >= 15 is 0 Å². The Morgan fingerprint density at radius 3 is 2.15 bits per heavy atom. The molecule has 1 fully saturated rings. The van der Waals surface area contributed by atoms with E-state index in [0.717, 1.165) is 37.8 Å². The van der Waals surface area contributed by atoms with Gasteiger partial charge in [-0.1, -0.05) is 13.8 Å². The van der Waals surface area contributed by atoms with Gasteiger partial charge in [0.25, 0.3) is 0 Å². The van der Waals surface area contributed by atoms with E-state index in [9.17, 15) is 4.79 Å². The molecule has 1 heterocycles. The van der Waals surface area contributed by atoms with Crippen LogP contribution in [0.5, 0.6) is 0 Å². The average Bonchev–Trinajstić information content (AvgIpc) is 2.49. The number of benzene rings is 1. The number of carbonyl (C=O) groups is 1. The summed E-state index contributed by atoms with van der Waals surface area (Å²) in [6, 6.07) is 8.77. The van der Waals surface area contributed by atoms with Crippen LogP contribution >= 0.6 is 0 Å². The number of rotatable bonds is 5. The van der Waals surface area contributed by atoms with Crippen molar-refractivity contribution in [2.45, 2.75) is 39.7 Å². The van der Waals surface area contributed by atoms with Crippen molar-refractivity contribution in [1.82, 2.24) is 4.90 Å². The van der Waals surface area contributed by atoms with Gasteiger partial charge in [0, 0.05) is 30.4 Å². The summed E-state index contributed by atoms with van der Waals surface area (Å²) in [5, 5.41) is 0. The van der Waals surface area contributed by atoms with Gasteiger partial charge < -0.3 is 9.80 Å². The minimum absolute atomic E-state index is 0.136. The Kier molecular flexibility index (Phi) is 5.18. The summed E-state index contributed by atoms with van der Waals surface area (Å²) in [5.41, 5.74) is 2.04. The molecule has 110 valence electrons. The maximum Gasteiger partial charge on any atom is 0.159 e. The number of hydrogen-bond acceptors (Lipinski definition) is 3. The molecule has 1 aromatic carbocycles. The molecular formula is C17H26N2O. The molecule has 3 heteroatoms. The van der Waals surface area contributed by atoms with Crippen molar-refractivity contribution in [2.24, 2.45) is 0 Å². The van der Waals surface area contributed by atoms with Crippen LogP contribution in [0, 0.1) is 0 Å². The van der Waals surface area contributed by atoms with Crippen molar-refractivity contribution in [2.75, 3.05) is 31.1 Å². The summed E-state index contributed by atoms with van der Waals surface area (Å²) in [6.45, 7) is 10.6. The first kappa shape index (κ1) is 15.0. The number of piperidine rings is 1. The van der Waals surface area contributed by atoms with Gasteiger partial charge in [0.15, 0.2) is 5.78 Å². The molecule has 0 N–H and O–H groups in total. The maximum absolute atomic E-state index is 11.3. The molecule has 0 aliphatic carbocycles. The lowest BCUT2D eigenvalue weighted by Crippen LogP contribution is -2.44. The predicted octanol–water partition coefficient (Wildman–Crippen LogP) is 3.20. The SMILES string of the molecule is CCN(CC)C1CCN(c2ccc(C(C)=O)cc2)CC1. The quantitative estimate of drug-likeness (QED) is 0.770. The minimum atomic E-state index is 0.136. The lowest BCUT2D eigenvalue weighted by molar-refractivity contribution is 0.101. The summed E-state index contributed by atoms with van der Waals surface area (Å²) in [7, 11) is 0. The van der Waals surface area contributed by atoms with Crippen LogP contribution in [0.2, 0.25) is 0 Å². The Hall–Kier alpha value is -1.35. The normalized spacial score (nSPS) is 16.7. The van der Waals surface area contributed by atoms with Crippen molar-refractivity contribution < 1.29 is 4.79 Å². The second-order valence-corrected chi connectivity index (χ2v) is 5.54. The Morgan fingerprint density at radius 2 is 1.70 bits per heavy atom. The van der Waals surface area contributed by atoms with Crippen molar-refractivity contribution >= 4 is 11.5 Å². The van der Waals surface area contributed by atoms with Crippen LogP contribution in [0.3, 0.4) is 0 Å². The standard InChI is InChI=1S/C17H26N2O/c1-4-18(5-2)17-10-12-19(13-11-17)16-8-6-15(7-9-16)14(3)20/h6-9,17H,4-5,10-13H2,1-3H3. The van der Waals surface area contributed by atoms with Gasteiger partial charge in [0.2, 0.25) is 0 Å². The number of ketones is 1. The number of carbonyl (C=O) groups excluding carboxylic acids is 1. The van der Waals surface area contributed by atoms with Crippen molar-refractivity contribution in [3.8, 4) is 0 Å². The van der Waals surface area contributed by atoms with E-state index in [4.69, 9.17) is 0 Å². The molecule has 1 saturated heterocycles. The predicted molar refractivity (Wildman–Crippen MR) is 84.6 cm³/mol. The van der Waals surface area contributed by atoms with E-state index in [2.05, 4.69) is 35.8 Å². The van der Waals surface area contributed by atoms with Crippen LogP contribution in [-0.4, -0.2) is 42.9 Å². The zero-order valence-corrected chi connectivity index (χ0v) is 12.9. The van der Waals surface area contributed by atoms with Crippen LogP contribution in [-0.2, 0) is 0 Å². The third kappa shape index (κ3) is 3.40. The molecule has 0 aromatic heterocycles. The Morgan fingerprint density at radius 1 is 1.15 bits per heavy atom. The largest absolute Gasteiger partial charge is 0.371 e. The number of hydrogen-bond donors (Lipinski definition) is 0. The fourth-order valence-corrected chi connectivity index (χ4v) is 3.14. The molecule has 1 aliphatic heterocycles. The third-order valence-electron chi connectivity index (χ3n) is 4.43. The Balaban J connectivity index is 1.95. The monoisotopic (exact) mass is 274 g/mol. The molecule has 0 spiro atoms. The van der Waals surface area contributed by atoms with Crippen LogP contribution in [0.25, 0.3) is 0 Å². The molecule has 0 bridgehead atoms. The van der Waals surface area contributed by atoms with Gasteiger partial charge in [0.05, 0.1) is 0 Å². The van der Waals surface area contributed by atoms with Crippen molar-refractivity contribution in [3.05, 3.63) is 29.8 Å². The van der Waals surface area contributed by atoms with Crippen molar-refractivity contribution in [3.63, 3.8) is 0 Å². The maximum atomic E-state index is 11.3. The minimum Gasteiger partial charge on any atom is -0.371 e. The third-order valence-corrected chi connectivity index (χ3v) is 4.43. The molecule has 0 unspecified atom stereocenters. The smallest absolute Gasteiger partial charge is 0.159 e. The molecule has 1 aromatic rings. The molecule has 2 rings (SSSR count). The van der Waals surface area contributed by atoms with E-state index in [1.807, 2.05) is 12.1 Å². The lowest BCUT2D eigenvalue weighted by atomic mass is 10.0. The summed E-state index contributed by atoms with van der Waals surface area (Å²) < 4.78 is 0. The highest BCUT2D eigenvalue weighted by atomic mass is 16.1. The molecule has 20 heavy (non-hydrogen) atoms. The molecule has 0 amide bonds. The fourth-order valence-electron chi connectivity index (χ4n) is 3.14. The number of anilines is 1. The van der Waals surface area contributed by atoms with E-state index in [-0.39, 0.29) is 5.78 Å². The van der Waals surface area contributed by atoms with Crippen LogP contribution < -0.4 is 4.90 Å². The summed E-state index contributed by atoms with van der Waals surface area (Å²) in [4.78, 5) is 16.3. The second-order valence-electron chi connectivity index (χ2n) is 5.54. The topological polar surface area (TPSA) is 23.6 Å². The zero-order chi connectivity index (χ0) is 14.5. The van der Waals surface area contributed by atoms with Gasteiger partial charge in [-0.2, -0.15) is 0 Å². The van der Waals surface area contributed by atoms with Gasteiger partial charge in [0.1, 0.15) is 0 Å². The second kappa shape index (κ2) is 6.89. The van der Waals surface area contributed by atoms with Crippen LogP contribution in [0.1, 0.15) is 44.0 Å². The van der Waals surface area contributed by atoms with Gasteiger partial charge >= 0.3 is 0 Å². The van der Waals surface area contributed by atoms with Gasteiger partial charge in [-0.15, -0.1) is 0 Å². The average molecular weight is 274 g/mol. The molecule has 0 saturated carbocycles. The fraction of sp³-hybridized carbons (Fsp3) is 0.588. The van der Waals surface area contributed by atoms with Crippen LogP contribution in [0.4, 0.5) is 5.69 Å². The molecule has 0 radical (unpaired) electrons. The summed E-state index contributed by atoms with van der Waals surface area (Å²) >= 11 is 0. The summed E-state index contributed by atoms with van der Waals surface area (Å²) in [5.74, 6) is 0.136. The van der Waals surface area contributed by atoms with Crippen molar-refractivity contribution in [1.29, 1.82) is 0 Å². The Labute approximate surface area is 122 Å². The summed E-state index contributed by atoms with van der Waals surface area (Å²) in [6.07, 6.45) is 2.46. The highest BCUT2D eigenvalue weighted by Crippen LogP contribution is 2.23. The van der Waals surface area contributed by atoms with Crippen LogP contribution in [0.15, 0.2) is 24.3 Å². The van der Waals surface area contributed by atoms with Gasteiger partial charge in [-0.05, 0) is 57.1 Å². The molecule has 1 aliphatic rings. The first-order valence-corrected chi connectivity index (χ1v) is 7.75. The molecular weight excluding hydrogens is 248 g/mol. The molecule has 0 atom stereocenters. The zero-order valence-electron chi connectivity index (χ0n) is 12.9. The van der Waals surface area contributed by atoms with E-state index in [0.29, 0.717) is 0 Å². The number of Topliss-reactive ketones (excluding diaryl/α,β-unsaturated/α-hetero) is 1. The van der Waals surface area contributed by atoms with E-state index in [1.165, 1.54) is 18.5 Å². The highest BCUT2D eigenvalue weighted by molar-refractivity contribution is 5.94. The van der Waals surface area contributed by atoms with Gasteiger partial charge in [-0.25, -0.2) is 0 Å². The van der Waals surface area contributed by atoms with E-state index < -0.39 is 0 Å². The highest BCUT2D eigenvalue weighted by Gasteiger charge is 2.22. The molecule has 3 nitrogen and oxygen atoms in total. The lowest BCUT2D eigenvalue weighted by Gasteiger charge is -2.38. The first-order chi connectivity index (χ1) is 9.65. The first-order valence-electron chi connectivity index (χ1n) is 7.75. The Bertz CT molecular complexity index is 429.